The molecule has 0 aliphatic carbocycles. The summed E-state index contributed by atoms with van der Waals surface area (Å²) < 4.78 is 35.2. The molecule has 0 spiro atoms. The molecule has 1 amide bonds. The molecule has 0 unspecified atom stereocenters. The molecule has 1 aromatic carbocycles. The minimum Gasteiger partial charge on any atom is -0.409 e. The molecule has 4 N–H and O–H groups in total. The number of anilines is 1. The van der Waals surface area contributed by atoms with E-state index < -0.39 is 26.3 Å². The quantitative estimate of drug-likeness (QED) is 0.326. The Balaban J connectivity index is 3.08. The summed E-state index contributed by atoms with van der Waals surface area (Å²) in [7, 11) is -3.67. The van der Waals surface area contributed by atoms with Gasteiger partial charge in [-0.3, -0.25) is 4.79 Å². The Bertz CT molecular complexity index is 698. The van der Waals surface area contributed by atoms with Crippen LogP contribution in [-0.4, -0.2) is 36.4 Å². The molecular weight excluding hydrogens is 301 g/mol. The van der Waals surface area contributed by atoms with Crippen LogP contribution in [0.1, 0.15) is 19.4 Å². The van der Waals surface area contributed by atoms with Gasteiger partial charge in [0.25, 0.3) is 0 Å². The molecule has 21 heavy (non-hydrogen) atoms. The van der Waals surface area contributed by atoms with Gasteiger partial charge in [0.05, 0.1) is 5.69 Å². The van der Waals surface area contributed by atoms with Crippen molar-refractivity contribution < 1.29 is 22.8 Å². The second kappa shape index (κ2) is 5.68. The third-order valence-electron chi connectivity index (χ3n) is 3.09. The first-order valence-corrected chi connectivity index (χ1v) is 7.68. The summed E-state index contributed by atoms with van der Waals surface area (Å²) in [5.41, 5.74) is 5.23. The van der Waals surface area contributed by atoms with Crippen LogP contribution in [-0.2, 0) is 14.6 Å². The van der Waals surface area contributed by atoms with Crippen molar-refractivity contribution >= 4 is 27.3 Å². The number of hydrogen-bond donors (Lipinski definition) is 3. The number of nitrogens with two attached hydrogens (primary N) is 1. The Morgan fingerprint density at radius 2 is 2.00 bits per heavy atom. The second-order valence-corrected chi connectivity index (χ2v) is 7.48. The lowest BCUT2D eigenvalue weighted by molar-refractivity contribution is -0.117. The van der Waals surface area contributed by atoms with Crippen molar-refractivity contribution in [1.82, 2.24) is 0 Å². The molecule has 0 aliphatic rings. The topological polar surface area (TPSA) is 122 Å². The third kappa shape index (κ3) is 3.48. The van der Waals surface area contributed by atoms with Gasteiger partial charge < -0.3 is 16.3 Å². The third-order valence-corrected chi connectivity index (χ3v) is 5.13. The molecule has 1 rings (SSSR count). The molecule has 1 aromatic rings. The van der Waals surface area contributed by atoms with Crippen molar-refractivity contribution in [3.05, 3.63) is 29.6 Å². The normalized spacial score (nSPS) is 13.0. The fraction of sp³-hybridized carbons (Fsp3) is 0.333. The van der Waals surface area contributed by atoms with Crippen molar-refractivity contribution in [3.63, 3.8) is 0 Å². The summed E-state index contributed by atoms with van der Waals surface area (Å²) >= 11 is 0. The fourth-order valence-electron chi connectivity index (χ4n) is 1.27. The lowest BCUT2D eigenvalue weighted by Gasteiger charge is -2.21. The van der Waals surface area contributed by atoms with E-state index >= 15 is 0 Å². The maximum absolute atomic E-state index is 13.8. The standard InChI is InChI=1S/C12H16FN3O4S/c1-12(2,21(3,19)20)11(17)15-9-5-4-7(6-8(9)13)10(14)16-18/h4-6,18H,1-3H3,(H2,14,16)(H,15,17). The molecule has 0 radical (unpaired) electrons. The number of sulfone groups is 1. The van der Waals surface area contributed by atoms with E-state index in [1.165, 1.54) is 26.0 Å². The number of halogens is 1. The summed E-state index contributed by atoms with van der Waals surface area (Å²) in [6.45, 7) is 2.45. The highest BCUT2D eigenvalue weighted by Crippen LogP contribution is 2.21. The summed E-state index contributed by atoms with van der Waals surface area (Å²) in [5, 5.41) is 13.4. The molecule has 0 aromatic heterocycles. The van der Waals surface area contributed by atoms with E-state index in [1.54, 1.807) is 0 Å². The van der Waals surface area contributed by atoms with Crippen molar-refractivity contribution in [2.24, 2.45) is 10.9 Å². The van der Waals surface area contributed by atoms with Crippen LogP contribution < -0.4 is 11.1 Å². The van der Waals surface area contributed by atoms with E-state index in [-0.39, 0.29) is 17.1 Å². The minimum atomic E-state index is -3.67. The zero-order chi connectivity index (χ0) is 16.4. The molecule has 9 heteroatoms. The predicted octanol–water partition coefficient (Wildman–Crippen LogP) is 0.682. The first kappa shape index (κ1) is 16.9. The largest absolute Gasteiger partial charge is 0.409 e. The highest BCUT2D eigenvalue weighted by molar-refractivity contribution is 7.92. The smallest absolute Gasteiger partial charge is 0.245 e. The number of nitrogens with zero attached hydrogens (tertiary/aromatic N) is 1. The lowest BCUT2D eigenvalue weighted by Crippen LogP contribution is -2.44. The SMILES string of the molecule is CC(C)(C(=O)Nc1ccc(/C(N)=N/O)cc1F)S(C)(=O)=O. The molecule has 0 heterocycles. The van der Waals surface area contributed by atoms with Gasteiger partial charge in [-0.2, -0.15) is 0 Å². The van der Waals surface area contributed by atoms with Gasteiger partial charge in [-0.25, -0.2) is 12.8 Å². The highest BCUT2D eigenvalue weighted by Gasteiger charge is 2.38. The Hall–Kier alpha value is -2.16. The second-order valence-electron chi connectivity index (χ2n) is 4.92. The van der Waals surface area contributed by atoms with E-state index in [4.69, 9.17) is 10.9 Å². The Labute approximate surface area is 121 Å². The molecular formula is C12H16FN3O4S. The molecule has 0 bridgehead atoms. The number of oxime groups is 1. The molecule has 0 fully saturated rings. The molecule has 0 saturated carbocycles. The molecule has 0 aliphatic heterocycles. The zero-order valence-corrected chi connectivity index (χ0v) is 12.5. The average molecular weight is 317 g/mol. The van der Waals surface area contributed by atoms with Crippen LogP contribution in [0.3, 0.4) is 0 Å². The maximum Gasteiger partial charge on any atom is 0.245 e. The van der Waals surface area contributed by atoms with Crippen LogP contribution in [0.25, 0.3) is 0 Å². The van der Waals surface area contributed by atoms with Crippen molar-refractivity contribution in [2.45, 2.75) is 18.6 Å². The van der Waals surface area contributed by atoms with Gasteiger partial charge in [0.2, 0.25) is 5.91 Å². The Kier molecular flexibility index (Phi) is 4.57. The van der Waals surface area contributed by atoms with Crippen LogP contribution in [0.2, 0.25) is 0 Å². The van der Waals surface area contributed by atoms with Crippen molar-refractivity contribution in [1.29, 1.82) is 0 Å². The molecule has 0 atom stereocenters. The van der Waals surface area contributed by atoms with Crippen LogP contribution >= 0.6 is 0 Å². The van der Waals surface area contributed by atoms with E-state index in [2.05, 4.69) is 10.5 Å². The van der Waals surface area contributed by atoms with Crippen LogP contribution in [0, 0.1) is 5.82 Å². The summed E-state index contributed by atoms with van der Waals surface area (Å²) in [5.74, 6) is -1.99. The predicted molar refractivity (Wildman–Crippen MR) is 76.5 cm³/mol. The number of amides is 1. The van der Waals surface area contributed by atoms with Gasteiger partial charge in [0.15, 0.2) is 15.7 Å². The van der Waals surface area contributed by atoms with Crippen molar-refractivity contribution in [2.75, 3.05) is 11.6 Å². The van der Waals surface area contributed by atoms with Gasteiger partial charge in [0.1, 0.15) is 10.6 Å². The Morgan fingerprint density at radius 3 is 2.43 bits per heavy atom. The fourth-order valence-corrected chi connectivity index (χ4v) is 1.66. The first-order chi connectivity index (χ1) is 9.50. The number of carbonyl (C=O) groups excluding carboxylic acids is 1. The average Bonchev–Trinajstić information content (AvgIpc) is 2.38. The number of amidine groups is 1. The van der Waals surface area contributed by atoms with Gasteiger partial charge in [-0.1, -0.05) is 5.16 Å². The maximum atomic E-state index is 13.8. The van der Waals surface area contributed by atoms with Crippen LogP contribution in [0.4, 0.5) is 10.1 Å². The van der Waals surface area contributed by atoms with E-state index in [0.29, 0.717) is 0 Å². The highest BCUT2D eigenvalue weighted by atomic mass is 32.2. The minimum absolute atomic E-state index is 0.121. The molecule has 7 nitrogen and oxygen atoms in total. The van der Waals surface area contributed by atoms with Crippen LogP contribution in [0.15, 0.2) is 23.4 Å². The van der Waals surface area contributed by atoms with Crippen molar-refractivity contribution in [3.8, 4) is 0 Å². The van der Waals surface area contributed by atoms with Gasteiger partial charge in [-0.15, -0.1) is 0 Å². The molecule has 0 saturated heterocycles. The molecule has 116 valence electrons. The number of benzene rings is 1. The monoisotopic (exact) mass is 317 g/mol. The van der Waals surface area contributed by atoms with E-state index in [1.807, 2.05) is 0 Å². The van der Waals surface area contributed by atoms with Gasteiger partial charge >= 0.3 is 0 Å². The number of rotatable bonds is 4. The summed E-state index contributed by atoms with van der Waals surface area (Å²) in [6.07, 6.45) is 0.921. The van der Waals surface area contributed by atoms with Gasteiger partial charge in [0, 0.05) is 11.8 Å². The lowest BCUT2D eigenvalue weighted by atomic mass is 10.1. The van der Waals surface area contributed by atoms with Gasteiger partial charge in [-0.05, 0) is 32.0 Å². The number of hydrogen-bond acceptors (Lipinski definition) is 5. The number of nitrogens with one attached hydrogen (secondary N) is 1. The van der Waals surface area contributed by atoms with E-state index in [0.717, 1.165) is 12.3 Å². The summed E-state index contributed by atoms with van der Waals surface area (Å²) in [6, 6.07) is 3.47. The van der Waals surface area contributed by atoms with Crippen LogP contribution in [0.5, 0.6) is 0 Å². The zero-order valence-electron chi connectivity index (χ0n) is 11.7. The van der Waals surface area contributed by atoms with E-state index in [9.17, 15) is 17.6 Å². The Morgan fingerprint density at radius 1 is 1.43 bits per heavy atom. The first-order valence-electron chi connectivity index (χ1n) is 5.79. The number of carbonyl (C=O) groups is 1. The summed E-state index contributed by atoms with van der Waals surface area (Å²) in [4.78, 5) is 12.0.